The van der Waals surface area contributed by atoms with Gasteiger partial charge in [0.25, 0.3) is 0 Å². The van der Waals surface area contributed by atoms with E-state index in [1.54, 1.807) is 32.4 Å². The second kappa shape index (κ2) is 11.4. The molecule has 37 heavy (non-hydrogen) atoms. The van der Waals surface area contributed by atoms with Crippen molar-refractivity contribution in [3.8, 4) is 23.0 Å². The smallest absolute Gasteiger partial charge is 0.329 e. The number of carbonyl (C=O) groups excluding carboxylic acids is 3. The van der Waals surface area contributed by atoms with Gasteiger partial charge in [0.15, 0.2) is 11.5 Å². The molecule has 2 N–H and O–H groups in total. The second-order valence-electron chi connectivity index (χ2n) is 9.11. The zero-order valence-electron chi connectivity index (χ0n) is 21.5. The molecule has 2 aromatic carbocycles. The number of ether oxygens (including phenoxy) is 4. The van der Waals surface area contributed by atoms with Gasteiger partial charge >= 0.3 is 6.03 Å². The van der Waals surface area contributed by atoms with Gasteiger partial charge in [-0.2, -0.15) is 0 Å². The van der Waals surface area contributed by atoms with Crippen LogP contribution in [0.4, 0.5) is 10.5 Å². The number of hydrogen-bond acceptors (Lipinski definition) is 7. The summed E-state index contributed by atoms with van der Waals surface area (Å²) in [4.78, 5) is 40.3. The van der Waals surface area contributed by atoms with Crippen LogP contribution in [0.15, 0.2) is 36.4 Å². The van der Waals surface area contributed by atoms with E-state index < -0.39 is 18.0 Å². The summed E-state index contributed by atoms with van der Waals surface area (Å²) in [6.07, 6.45) is 2.13. The Morgan fingerprint density at radius 2 is 1.70 bits per heavy atom. The molecule has 3 unspecified atom stereocenters. The maximum atomic E-state index is 13.4. The van der Waals surface area contributed by atoms with Crippen molar-refractivity contribution in [2.24, 2.45) is 11.8 Å². The highest BCUT2D eigenvalue weighted by atomic mass is 16.5. The molecule has 2 aromatic rings. The number of urea groups is 1. The Balaban J connectivity index is 1.35. The van der Waals surface area contributed by atoms with Gasteiger partial charge in [-0.3, -0.25) is 9.59 Å². The standard InChI is InChI=1S/C27H33N3O7/c1-34-18-7-9-21(23(15-18)36-3)30-26(32)19-8-6-17(14-20(19)29-27(30)33)25(31)28-12-11-16-5-10-22(35-2)24(13-16)37-4/h5,7,9-10,13,15,17,19-20H,6,8,11-12,14H2,1-4H3,(H,28,31)(H,29,33). The lowest BCUT2D eigenvalue weighted by Crippen LogP contribution is -2.62. The minimum Gasteiger partial charge on any atom is -0.497 e. The number of fused-ring (bicyclic) bond motifs is 1. The molecule has 0 bridgehead atoms. The number of methoxy groups -OCH3 is 4. The number of anilines is 1. The van der Waals surface area contributed by atoms with Gasteiger partial charge in [0.05, 0.1) is 40.0 Å². The number of nitrogens with one attached hydrogen (secondary N) is 2. The van der Waals surface area contributed by atoms with Gasteiger partial charge in [0.1, 0.15) is 11.5 Å². The van der Waals surface area contributed by atoms with Gasteiger partial charge in [0, 0.05) is 24.6 Å². The quantitative estimate of drug-likeness (QED) is 0.532. The molecule has 198 valence electrons. The summed E-state index contributed by atoms with van der Waals surface area (Å²) in [5.41, 5.74) is 1.38. The molecule has 0 radical (unpaired) electrons. The number of nitrogens with zero attached hydrogens (tertiary/aromatic N) is 1. The van der Waals surface area contributed by atoms with Gasteiger partial charge in [-0.25, -0.2) is 9.69 Å². The molecule has 4 amide bonds. The van der Waals surface area contributed by atoms with Gasteiger partial charge in [-0.1, -0.05) is 6.07 Å². The fourth-order valence-corrected chi connectivity index (χ4v) is 5.06. The maximum Gasteiger partial charge on any atom is 0.329 e. The Bertz CT molecular complexity index is 1170. The van der Waals surface area contributed by atoms with Gasteiger partial charge in [-0.05, 0) is 55.5 Å². The summed E-state index contributed by atoms with van der Waals surface area (Å²) in [6.45, 7) is 0.468. The van der Waals surface area contributed by atoms with Crippen LogP contribution in [0.1, 0.15) is 24.8 Å². The zero-order valence-corrected chi connectivity index (χ0v) is 21.5. The van der Waals surface area contributed by atoms with Gasteiger partial charge in [-0.15, -0.1) is 0 Å². The summed E-state index contributed by atoms with van der Waals surface area (Å²) in [6, 6.07) is 9.69. The lowest BCUT2D eigenvalue weighted by molar-refractivity contribution is -0.130. The Morgan fingerprint density at radius 3 is 2.41 bits per heavy atom. The van der Waals surface area contributed by atoms with Crippen LogP contribution in [-0.2, 0) is 16.0 Å². The molecule has 4 rings (SSSR count). The average molecular weight is 512 g/mol. The lowest BCUT2D eigenvalue weighted by atomic mass is 9.76. The van der Waals surface area contributed by atoms with E-state index in [9.17, 15) is 14.4 Å². The highest BCUT2D eigenvalue weighted by Gasteiger charge is 2.46. The van der Waals surface area contributed by atoms with Crippen LogP contribution in [0, 0.1) is 11.8 Å². The molecule has 10 nitrogen and oxygen atoms in total. The van der Waals surface area contributed by atoms with Crippen LogP contribution >= 0.6 is 0 Å². The first-order chi connectivity index (χ1) is 17.9. The van der Waals surface area contributed by atoms with E-state index in [1.165, 1.54) is 14.2 Å². The Morgan fingerprint density at radius 1 is 0.946 bits per heavy atom. The molecule has 1 aliphatic heterocycles. The summed E-state index contributed by atoms with van der Waals surface area (Å²) in [5, 5.41) is 5.94. The summed E-state index contributed by atoms with van der Waals surface area (Å²) in [5.74, 6) is 1.18. The molecule has 0 aromatic heterocycles. The highest BCUT2D eigenvalue weighted by molar-refractivity contribution is 6.18. The molecular weight excluding hydrogens is 478 g/mol. The van der Waals surface area contributed by atoms with E-state index in [0.717, 1.165) is 10.5 Å². The van der Waals surface area contributed by atoms with E-state index in [2.05, 4.69) is 10.6 Å². The third-order valence-electron chi connectivity index (χ3n) is 7.06. The number of amides is 4. The molecular formula is C27H33N3O7. The van der Waals surface area contributed by atoms with Crippen molar-refractivity contribution in [2.75, 3.05) is 39.9 Å². The molecule has 1 saturated heterocycles. The fourth-order valence-electron chi connectivity index (χ4n) is 5.06. The van der Waals surface area contributed by atoms with Crippen molar-refractivity contribution in [2.45, 2.75) is 31.7 Å². The van der Waals surface area contributed by atoms with E-state index in [0.29, 0.717) is 60.9 Å². The van der Waals surface area contributed by atoms with Crippen LogP contribution in [0.25, 0.3) is 0 Å². The van der Waals surface area contributed by atoms with E-state index in [1.807, 2.05) is 18.2 Å². The van der Waals surface area contributed by atoms with Crippen LogP contribution in [0.5, 0.6) is 23.0 Å². The minimum atomic E-state index is -0.524. The monoisotopic (exact) mass is 511 g/mol. The first-order valence-corrected chi connectivity index (χ1v) is 12.2. The van der Waals surface area contributed by atoms with Crippen molar-refractivity contribution >= 4 is 23.5 Å². The Kier molecular flexibility index (Phi) is 8.05. The highest BCUT2D eigenvalue weighted by Crippen LogP contribution is 2.38. The average Bonchev–Trinajstić information content (AvgIpc) is 2.92. The summed E-state index contributed by atoms with van der Waals surface area (Å²) < 4.78 is 21.2. The normalized spacial score (nSPS) is 21.0. The molecule has 3 atom stereocenters. The molecule has 1 heterocycles. The predicted octanol–water partition coefficient (Wildman–Crippen LogP) is 2.92. The Labute approximate surface area is 216 Å². The van der Waals surface area contributed by atoms with Crippen molar-refractivity contribution in [1.82, 2.24) is 10.6 Å². The summed E-state index contributed by atoms with van der Waals surface area (Å²) >= 11 is 0. The number of benzene rings is 2. The van der Waals surface area contributed by atoms with Crippen molar-refractivity contribution in [3.05, 3.63) is 42.0 Å². The molecule has 10 heteroatoms. The van der Waals surface area contributed by atoms with Gasteiger partial charge < -0.3 is 29.6 Å². The first-order valence-electron chi connectivity index (χ1n) is 12.2. The fraction of sp³-hybridized carbons (Fsp3) is 0.444. The number of carbonyl (C=O) groups is 3. The van der Waals surface area contributed by atoms with Crippen LogP contribution < -0.4 is 34.5 Å². The molecule has 0 spiro atoms. The van der Waals surface area contributed by atoms with Gasteiger partial charge in [0.2, 0.25) is 11.8 Å². The Hall–Kier alpha value is -3.95. The second-order valence-corrected chi connectivity index (χ2v) is 9.11. The van der Waals surface area contributed by atoms with E-state index >= 15 is 0 Å². The summed E-state index contributed by atoms with van der Waals surface area (Å²) in [7, 11) is 6.18. The molecule has 2 fully saturated rings. The van der Waals surface area contributed by atoms with Crippen LogP contribution in [-0.4, -0.2) is 58.9 Å². The molecule has 2 aliphatic rings. The van der Waals surface area contributed by atoms with Crippen molar-refractivity contribution in [3.63, 3.8) is 0 Å². The minimum absolute atomic E-state index is 0.0696. The molecule has 1 saturated carbocycles. The van der Waals surface area contributed by atoms with Crippen LogP contribution in [0.2, 0.25) is 0 Å². The SMILES string of the molecule is COc1ccc(N2C(=O)NC3CC(C(=O)NCCc4ccc(OC)c(OC)c4)CCC3C2=O)c(OC)c1. The topological polar surface area (TPSA) is 115 Å². The number of hydrogen-bond donors (Lipinski definition) is 2. The number of rotatable bonds is 9. The zero-order chi connectivity index (χ0) is 26.5. The van der Waals surface area contributed by atoms with E-state index in [-0.39, 0.29) is 17.7 Å². The third-order valence-corrected chi connectivity index (χ3v) is 7.06. The lowest BCUT2D eigenvalue weighted by Gasteiger charge is -2.42. The largest absolute Gasteiger partial charge is 0.497 e. The maximum absolute atomic E-state index is 13.4. The van der Waals surface area contributed by atoms with E-state index in [4.69, 9.17) is 18.9 Å². The molecule has 1 aliphatic carbocycles. The number of imide groups is 1. The predicted molar refractivity (Wildman–Crippen MR) is 136 cm³/mol. The van der Waals surface area contributed by atoms with Crippen molar-refractivity contribution in [1.29, 1.82) is 0 Å². The first kappa shape index (κ1) is 26.1. The third kappa shape index (κ3) is 5.42. The van der Waals surface area contributed by atoms with Crippen LogP contribution in [0.3, 0.4) is 0 Å². The van der Waals surface area contributed by atoms with Crippen molar-refractivity contribution < 1.29 is 33.3 Å².